The maximum absolute atomic E-state index is 5.01. The fourth-order valence-corrected chi connectivity index (χ4v) is 6.39. The summed E-state index contributed by atoms with van der Waals surface area (Å²) in [4.78, 5) is 28.3. The van der Waals surface area contributed by atoms with Crippen LogP contribution in [0, 0.1) is 0 Å². The first kappa shape index (κ1) is 23.0. The van der Waals surface area contributed by atoms with Gasteiger partial charge in [0.15, 0.2) is 0 Å². The van der Waals surface area contributed by atoms with E-state index >= 15 is 0 Å². The lowest BCUT2D eigenvalue weighted by molar-refractivity contribution is 0.821. The highest BCUT2D eigenvalue weighted by atomic mass is 15.1. The second-order valence-electron chi connectivity index (χ2n) is 10.7. The molecular formula is C33H23N9. The van der Waals surface area contributed by atoms with Crippen molar-refractivity contribution in [3.8, 4) is 0 Å². The molecule has 9 heteroatoms. The zero-order valence-electron chi connectivity index (χ0n) is 22.7. The van der Waals surface area contributed by atoms with E-state index in [9.17, 15) is 0 Å². The highest BCUT2D eigenvalue weighted by Crippen LogP contribution is 2.31. The van der Waals surface area contributed by atoms with Crippen molar-refractivity contribution in [2.24, 2.45) is 7.05 Å². The van der Waals surface area contributed by atoms with Crippen LogP contribution in [0.2, 0.25) is 0 Å². The highest BCUT2D eigenvalue weighted by Gasteiger charge is 2.17. The summed E-state index contributed by atoms with van der Waals surface area (Å²) in [5, 5.41) is 5.49. The molecule has 9 rings (SSSR count). The van der Waals surface area contributed by atoms with Crippen molar-refractivity contribution in [2.45, 2.75) is 13.1 Å². The van der Waals surface area contributed by atoms with E-state index in [4.69, 9.17) is 19.9 Å². The van der Waals surface area contributed by atoms with Gasteiger partial charge in [-0.3, -0.25) is 15.0 Å². The molecule has 0 bridgehead atoms. The quantitative estimate of drug-likeness (QED) is 0.269. The van der Waals surface area contributed by atoms with Crippen LogP contribution in [0.5, 0.6) is 0 Å². The molecule has 0 fully saturated rings. The Morgan fingerprint density at radius 2 is 1.31 bits per heavy atom. The van der Waals surface area contributed by atoms with E-state index in [2.05, 4.69) is 54.0 Å². The first-order chi connectivity index (χ1) is 20.7. The molecule has 9 aromatic heterocycles. The van der Waals surface area contributed by atoms with Crippen molar-refractivity contribution in [1.82, 2.24) is 43.6 Å². The Morgan fingerprint density at radius 1 is 0.548 bits per heavy atom. The monoisotopic (exact) mass is 545 g/mol. The lowest BCUT2D eigenvalue weighted by Crippen LogP contribution is -2.04. The van der Waals surface area contributed by atoms with Crippen LogP contribution >= 0.6 is 0 Å². The average Bonchev–Trinajstić information content (AvgIpc) is 3.63. The van der Waals surface area contributed by atoms with Crippen molar-refractivity contribution in [3.05, 3.63) is 109 Å². The number of hydrogen-bond donors (Lipinski definition) is 0. The second-order valence-corrected chi connectivity index (χ2v) is 10.7. The Kier molecular flexibility index (Phi) is 4.75. The van der Waals surface area contributed by atoms with Gasteiger partial charge in [-0.05, 0) is 60.2 Å². The standard InChI is InChI=1S/C33H23N9/c1-40-29-17-38-21(14-24(29)22-5-2-10-36-31(22)40)19-42-28-7-4-9-35-30(28)25-13-20(15-39-33(25)42)18-41-27-8-12-34-16-26(27)23-6-3-11-37-32(23)41/h2-17H,18-19H2,1H3. The topological polar surface area (TPSA) is 92.1 Å². The van der Waals surface area contributed by atoms with Gasteiger partial charge in [-0.2, -0.15) is 0 Å². The summed E-state index contributed by atoms with van der Waals surface area (Å²) in [6.45, 7) is 1.21. The second kappa shape index (κ2) is 8.65. The van der Waals surface area contributed by atoms with Crippen LogP contribution in [-0.4, -0.2) is 43.6 Å². The third-order valence-corrected chi connectivity index (χ3v) is 8.29. The Balaban J connectivity index is 1.17. The van der Waals surface area contributed by atoms with Gasteiger partial charge < -0.3 is 13.7 Å². The molecule has 0 saturated heterocycles. The molecule has 9 heterocycles. The molecule has 0 aliphatic heterocycles. The molecule has 0 amide bonds. The number of pyridine rings is 6. The molecule has 0 aliphatic rings. The molecule has 0 spiro atoms. The zero-order valence-corrected chi connectivity index (χ0v) is 22.7. The Labute approximate surface area is 238 Å². The number of nitrogens with zero attached hydrogens (tertiary/aromatic N) is 9. The molecule has 0 unspecified atom stereocenters. The number of aryl methyl sites for hydroxylation is 1. The predicted octanol–water partition coefficient (Wildman–Crippen LogP) is 6.01. The Hall–Kier alpha value is -5.70. The average molecular weight is 546 g/mol. The molecule has 0 aromatic carbocycles. The van der Waals surface area contributed by atoms with Crippen LogP contribution in [-0.2, 0) is 20.1 Å². The summed E-state index contributed by atoms with van der Waals surface area (Å²) < 4.78 is 6.55. The fraction of sp³-hybridized carbons (Fsp3) is 0.0909. The lowest BCUT2D eigenvalue weighted by atomic mass is 10.2. The van der Waals surface area contributed by atoms with Gasteiger partial charge in [-0.1, -0.05) is 0 Å². The molecule has 200 valence electrons. The summed E-state index contributed by atoms with van der Waals surface area (Å²) in [6, 6.07) is 18.7. The van der Waals surface area contributed by atoms with Crippen molar-refractivity contribution in [3.63, 3.8) is 0 Å². The first-order valence-electron chi connectivity index (χ1n) is 13.8. The van der Waals surface area contributed by atoms with Crippen LogP contribution in [0.4, 0.5) is 0 Å². The lowest BCUT2D eigenvalue weighted by Gasteiger charge is -2.09. The van der Waals surface area contributed by atoms with Gasteiger partial charge in [0, 0.05) is 71.2 Å². The molecule has 0 aliphatic carbocycles. The normalized spacial score (nSPS) is 12.1. The minimum absolute atomic E-state index is 0.578. The van der Waals surface area contributed by atoms with Gasteiger partial charge in [0.1, 0.15) is 16.9 Å². The molecule has 42 heavy (non-hydrogen) atoms. The Bertz CT molecular complexity index is 2450. The van der Waals surface area contributed by atoms with E-state index in [1.807, 2.05) is 74.7 Å². The van der Waals surface area contributed by atoms with Gasteiger partial charge in [0.25, 0.3) is 0 Å². The van der Waals surface area contributed by atoms with Gasteiger partial charge in [0.05, 0.1) is 47.0 Å². The minimum atomic E-state index is 0.578. The third kappa shape index (κ3) is 3.24. The molecule has 0 N–H and O–H groups in total. The van der Waals surface area contributed by atoms with E-state index in [1.54, 1.807) is 0 Å². The largest absolute Gasteiger partial charge is 0.327 e. The van der Waals surface area contributed by atoms with Crippen molar-refractivity contribution < 1.29 is 0 Å². The van der Waals surface area contributed by atoms with Gasteiger partial charge >= 0.3 is 0 Å². The number of aromatic nitrogens is 9. The van der Waals surface area contributed by atoms with Crippen LogP contribution in [0.15, 0.2) is 98.0 Å². The van der Waals surface area contributed by atoms with Crippen molar-refractivity contribution in [2.75, 3.05) is 0 Å². The van der Waals surface area contributed by atoms with E-state index < -0.39 is 0 Å². The molecule has 0 atom stereocenters. The highest BCUT2D eigenvalue weighted by molar-refractivity contribution is 6.07. The molecule has 0 saturated carbocycles. The van der Waals surface area contributed by atoms with Gasteiger partial charge in [-0.25, -0.2) is 15.0 Å². The number of hydrogen-bond acceptors (Lipinski definition) is 6. The maximum Gasteiger partial charge on any atom is 0.142 e. The molecule has 9 aromatic rings. The van der Waals surface area contributed by atoms with E-state index in [0.29, 0.717) is 13.1 Å². The molecular weight excluding hydrogens is 522 g/mol. The Morgan fingerprint density at radius 3 is 2.21 bits per heavy atom. The van der Waals surface area contributed by atoms with E-state index in [1.165, 1.54) is 0 Å². The van der Waals surface area contributed by atoms with Crippen LogP contribution < -0.4 is 0 Å². The van der Waals surface area contributed by atoms with Crippen LogP contribution in [0.25, 0.3) is 65.9 Å². The predicted molar refractivity (Wildman–Crippen MR) is 164 cm³/mol. The van der Waals surface area contributed by atoms with Gasteiger partial charge in [-0.15, -0.1) is 0 Å². The minimum Gasteiger partial charge on any atom is -0.327 e. The number of rotatable bonds is 4. The van der Waals surface area contributed by atoms with Crippen LogP contribution in [0.1, 0.15) is 11.3 Å². The maximum atomic E-state index is 5.01. The summed E-state index contributed by atoms with van der Waals surface area (Å²) >= 11 is 0. The zero-order chi connectivity index (χ0) is 27.8. The third-order valence-electron chi connectivity index (χ3n) is 8.29. The SMILES string of the molecule is Cn1c2cnc(Cn3c4cccnc4c4cc(Cn5c6ccncc6c6cccnc65)cnc43)cc2c2cccnc21. The summed E-state index contributed by atoms with van der Waals surface area (Å²) in [5.74, 6) is 0. The van der Waals surface area contributed by atoms with E-state index in [0.717, 1.165) is 77.2 Å². The van der Waals surface area contributed by atoms with Gasteiger partial charge in [0.2, 0.25) is 0 Å². The molecule has 0 radical (unpaired) electrons. The number of fused-ring (bicyclic) bond motifs is 9. The summed E-state index contributed by atoms with van der Waals surface area (Å²) in [7, 11) is 2.03. The summed E-state index contributed by atoms with van der Waals surface area (Å²) in [5.41, 5.74) is 8.94. The van der Waals surface area contributed by atoms with Crippen LogP contribution in [0.3, 0.4) is 0 Å². The van der Waals surface area contributed by atoms with E-state index in [-0.39, 0.29) is 0 Å². The first-order valence-corrected chi connectivity index (χ1v) is 13.8. The molecule has 9 nitrogen and oxygen atoms in total. The summed E-state index contributed by atoms with van der Waals surface area (Å²) in [6.07, 6.45) is 13.2. The fourth-order valence-electron chi connectivity index (χ4n) is 6.39. The smallest absolute Gasteiger partial charge is 0.142 e. The van der Waals surface area contributed by atoms with Crippen molar-refractivity contribution in [1.29, 1.82) is 0 Å². The van der Waals surface area contributed by atoms with Crippen molar-refractivity contribution >= 4 is 65.9 Å².